The molecule has 1 N–H and O–H groups in total. The number of amides is 1. The van der Waals surface area contributed by atoms with E-state index in [4.69, 9.17) is 4.74 Å². The molecule has 168 valence electrons. The van der Waals surface area contributed by atoms with E-state index in [0.29, 0.717) is 12.1 Å². The van der Waals surface area contributed by atoms with Crippen molar-refractivity contribution in [3.05, 3.63) is 75.7 Å². The van der Waals surface area contributed by atoms with E-state index in [0.717, 1.165) is 40.2 Å². The van der Waals surface area contributed by atoms with Crippen LogP contribution in [0, 0.1) is 6.92 Å². The Hall–Kier alpha value is -2.35. The molecule has 0 aliphatic carbocycles. The fourth-order valence-electron chi connectivity index (χ4n) is 3.99. The van der Waals surface area contributed by atoms with E-state index < -0.39 is 0 Å². The molecule has 1 saturated heterocycles. The number of hydrogen-bond acceptors (Lipinski definition) is 6. The van der Waals surface area contributed by atoms with Crippen LogP contribution < -0.4 is 10.1 Å². The van der Waals surface area contributed by atoms with Crippen molar-refractivity contribution in [1.82, 2.24) is 15.2 Å². The predicted molar refractivity (Wildman–Crippen MR) is 132 cm³/mol. The molecule has 5 nitrogen and oxygen atoms in total. The molecule has 0 bridgehead atoms. The molecule has 0 radical (unpaired) electrons. The summed E-state index contributed by atoms with van der Waals surface area (Å²) >= 11 is 3.41. The minimum atomic E-state index is -0.0382. The first-order valence-electron chi connectivity index (χ1n) is 10.9. The van der Waals surface area contributed by atoms with Crippen molar-refractivity contribution in [3.63, 3.8) is 0 Å². The zero-order valence-electron chi connectivity index (χ0n) is 18.5. The van der Waals surface area contributed by atoms with Gasteiger partial charge >= 0.3 is 0 Å². The molecule has 1 atom stereocenters. The SMILES string of the molecule is COc1cccc(C(CNC(=O)c2ccc(SCc3csc(C)n3)cc2)N2CCCC2)c1. The Morgan fingerprint density at radius 3 is 2.69 bits per heavy atom. The molecule has 1 aromatic heterocycles. The molecule has 32 heavy (non-hydrogen) atoms. The fraction of sp³-hybridized carbons (Fsp3) is 0.360. The first-order valence-corrected chi connectivity index (χ1v) is 12.8. The molecule has 2 heterocycles. The molecular weight excluding hydrogens is 438 g/mol. The van der Waals surface area contributed by atoms with Crippen molar-refractivity contribution >= 4 is 29.0 Å². The van der Waals surface area contributed by atoms with Gasteiger partial charge in [0.05, 0.1) is 23.9 Å². The van der Waals surface area contributed by atoms with Crippen LogP contribution in [0.4, 0.5) is 0 Å². The van der Waals surface area contributed by atoms with Crippen LogP contribution in [0.15, 0.2) is 58.8 Å². The van der Waals surface area contributed by atoms with Crippen molar-refractivity contribution in [2.24, 2.45) is 0 Å². The number of carbonyl (C=O) groups is 1. The van der Waals surface area contributed by atoms with Crippen molar-refractivity contribution in [3.8, 4) is 5.75 Å². The highest BCUT2D eigenvalue weighted by atomic mass is 32.2. The molecule has 2 aromatic carbocycles. The largest absolute Gasteiger partial charge is 0.497 e. The van der Waals surface area contributed by atoms with Gasteiger partial charge in [-0.05, 0) is 74.8 Å². The summed E-state index contributed by atoms with van der Waals surface area (Å²) in [5.41, 5.74) is 2.96. The number of nitrogens with zero attached hydrogens (tertiary/aromatic N) is 2. The average molecular weight is 468 g/mol. The Balaban J connectivity index is 1.37. The maximum absolute atomic E-state index is 12.8. The van der Waals surface area contributed by atoms with Crippen LogP contribution in [-0.2, 0) is 5.75 Å². The Labute approximate surface area is 198 Å². The van der Waals surface area contributed by atoms with E-state index in [1.165, 1.54) is 18.4 Å². The van der Waals surface area contributed by atoms with Crippen molar-refractivity contribution in [2.75, 3.05) is 26.7 Å². The summed E-state index contributed by atoms with van der Waals surface area (Å²) in [5.74, 6) is 1.65. The van der Waals surface area contributed by atoms with Crippen LogP contribution in [0.3, 0.4) is 0 Å². The second-order valence-electron chi connectivity index (χ2n) is 7.92. The van der Waals surface area contributed by atoms with E-state index in [1.807, 2.05) is 43.3 Å². The predicted octanol–water partition coefficient (Wildman–Crippen LogP) is 5.32. The molecule has 3 aromatic rings. The van der Waals surface area contributed by atoms with Gasteiger partial charge in [0.1, 0.15) is 5.75 Å². The topological polar surface area (TPSA) is 54.5 Å². The quantitative estimate of drug-likeness (QED) is 0.432. The Bertz CT molecular complexity index is 1030. The minimum absolute atomic E-state index is 0.0382. The molecule has 0 spiro atoms. The molecule has 1 aliphatic heterocycles. The van der Waals surface area contributed by atoms with E-state index >= 15 is 0 Å². The summed E-state index contributed by atoms with van der Waals surface area (Å²) in [4.78, 5) is 20.9. The van der Waals surface area contributed by atoms with E-state index in [2.05, 4.69) is 32.7 Å². The second-order valence-corrected chi connectivity index (χ2v) is 10.0. The number of thiazole rings is 1. The minimum Gasteiger partial charge on any atom is -0.497 e. The highest BCUT2D eigenvalue weighted by molar-refractivity contribution is 7.98. The van der Waals surface area contributed by atoms with Gasteiger partial charge in [0.2, 0.25) is 0 Å². The third kappa shape index (κ3) is 5.91. The van der Waals surface area contributed by atoms with Crippen LogP contribution in [0.5, 0.6) is 5.75 Å². The fourth-order valence-corrected chi connectivity index (χ4v) is 5.49. The van der Waals surface area contributed by atoms with Gasteiger partial charge in [0.25, 0.3) is 5.91 Å². The summed E-state index contributed by atoms with van der Waals surface area (Å²) in [6, 6.07) is 16.1. The molecule has 1 unspecified atom stereocenters. The Morgan fingerprint density at radius 1 is 1.22 bits per heavy atom. The summed E-state index contributed by atoms with van der Waals surface area (Å²) in [5, 5.41) is 6.35. The lowest BCUT2D eigenvalue weighted by Gasteiger charge is -2.28. The Kier molecular flexibility index (Phi) is 7.84. The van der Waals surface area contributed by atoms with Crippen molar-refractivity contribution in [1.29, 1.82) is 0 Å². The lowest BCUT2D eigenvalue weighted by molar-refractivity contribution is 0.0938. The molecular formula is C25H29N3O2S2. The van der Waals surface area contributed by atoms with Gasteiger partial charge in [-0.3, -0.25) is 9.69 Å². The van der Waals surface area contributed by atoms with Gasteiger partial charge in [-0.1, -0.05) is 12.1 Å². The molecule has 1 fully saturated rings. The molecule has 0 saturated carbocycles. The van der Waals surface area contributed by atoms with E-state index in [9.17, 15) is 4.79 Å². The first kappa shape index (κ1) is 22.8. The third-order valence-corrected chi connectivity index (χ3v) is 7.55. The number of hydrogen-bond donors (Lipinski definition) is 1. The maximum atomic E-state index is 12.8. The number of carbonyl (C=O) groups excluding carboxylic acids is 1. The number of aryl methyl sites for hydroxylation is 1. The van der Waals surface area contributed by atoms with Crippen LogP contribution in [0.2, 0.25) is 0 Å². The van der Waals surface area contributed by atoms with Gasteiger partial charge in [0, 0.05) is 28.1 Å². The lowest BCUT2D eigenvalue weighted by Crippen LogP contribution is -2.36. The summed E-state index contributed by atoms with van der Waals surface area (Å²) in [6.45, 7) is 4.71. The summed E-state index contributed by atoms with van der Waals surface area (Å²) in [6.07, 6.45) is 2.40. The average Bonchev–Trinajstić information content (AvgIpc) is 3.50. The van der Waals surface area contributed by atoms with Crippen LogP contribution in [0.25, 0.3) is 0 Å². The molecule has 1 amide bonds. The number of likely N-dealkylation sites (tertiary alicyclic amines) is 1. The smallest absolute Gasteiger partial charge is 0.251 e. The number of aromatic nitrogens is 1. The number of benzene rings is 2. The number of rotatable bonds is 9. The Morgan fingerprint density at radius 2 is 2.00 bits per heavy atom. The van der Waals surface area contributed by atoms with Crippen molar-refractivity contribution in [2.45, 2.75) is 36.5 Å². The zero-order chi connectivity index (χ0) is 22.3. The van der Waals surface area contributed by atoms with Gasteiger partial charge in [0.15, 0.2) is 0 Å². The van der Waals surface area contributed by atoms with Gasteiger partial charge in [-0.25, -0.2) is 4.98 Å². The monoisotopic (exact) mass is 467 g/mol. The number of ether oxygens (including phenoxy) is 1. The van der Waals surface area contributed by atoms with Crippen LogP contribution in [0.1, 0.15) is 45.5 Å². The van der Waals surface area contributed by atoms with Crippen LogP contribution in [-0.4, -0.2) is 42.5 Å². The van der Waals surface area contributed by atoms with Gasteiger partial charge < -0.3 is 10.1 Å². The van der Waals surface area contributed by atoms with E-state index in [1.54, 1.807) is 30.2 Å². The normalized spacial score (nSPS) is 14.9. The van der Waals surface area contributed by atoms with Gasteiger partial charge in [-0.15, -0.1) is 23.1 Å². The standard InChI is InChI=1S/C25H29N3O2S2/c1-18-27-21(16-31-18)17-32-23-10-8-19(9-11-23)25(29)26-15-24(28-12-3-4-13-28)20-6-5-7-22(14-20)30-2/h5-11,14,16,24H,3-4,12-13,15,17H2,1-2H3,(H,26,29). The number of thioether (sulfide) groups is 1. The van der Waals surface area contributed by atoms with E-state index in [-0.39, 0.29) is 11.9 Å². The summed E-state index contributed by atoms with van der Waals surface area (Å²) in [7, 11) is 1.69. The first-order chi connectivity index (χ1) is 15.6. The zero-order valence-corrected chi connectivity index (χ0v) is 20.2. The molecule has 1 aliphatic rings. The van der Waals surface area contributed by atoms with Crippen molar-refractivity contribution < 1.29 is 9.53 Å². The highest BCUT2D eigenvalue weighted by Crippen LogP contribution is 2.27. The second kappa shape index (κ2) is 11.0. The van der Waals surface area contributed by atoms with Crippen LogP contribution >= 0.6 is 23.1 Å². The molecule has 7 heteroatoms. The number of nitrogens with one attached hydrogen (secondary N) is 1. The number of methoxy groups -OCH3 is 1. The molecule has 4 rings (SSSR count). The lowest BCUT2D eigenvalue weighted by atomic mass is 10.0. The van der Waals surface area contributed by atoms with Gasteiger partial charge in [-0.2, -0.15) is 0 Å². The maximum Gasteiger partial charge on any atom is 0.251 e. The highest BCUT2D eigenvalue weighted by Gasteiger charge is 2.24. The summed E-state index contributed by atoms with van der Waals surface area (Å²) < 4.78 is 5.41. The third-order valence-electron chi connectivity index (χ3n) is 5.69.